The molecule has 1 aliphatic heterocycles. The van der Waals surface area contributed by atoms with Gasteiger partial charge in [-0.2, -0.15) is 0 Å². The van der Waals surface area contributed by atoms with E-state index in [9.17, 15) is 9.59 Å². The van der Waals surface area contributed by atoms with Gasteiger partial charge >= 0.3 is 12.0 Å². The van der Waals surface area contributed by atoms with Crippen LogP contribution in [0, 0.1) is 11.8 Å². The number of carboxylic acid groups (broad SMARTS) is 1. The summed E-state index contributed by atoms with van der Waals surface area (Å²) >= 11 is 0. The Morgan fingerprint density at radius 2 is 1.95 bits per heavy atom. The summed E-state index contributed by atoms with van der Waals surface area (Å²) in [4.78, 5) is 26.4. The lowest BCUT2D eigenvalue weighted by atomic mass is 9.99. The van der Waals surface area contributed by atoms with E-state index in [1.165, 1.54) is 0 Å². The molecule has 2 atom stereocenters. The van der Waals surface area contributed by atoms with Gasteiger partial charge < -0.3 is 20.0 Å². The zero-order chi connectivity index (χ0) is 14.4. The molecule has 0 unspecified atom stereocenters. The molecule has 2 amide bonds. The van der Waals surface area contributed by atoms with Gasteiger partial charge in [-0.25, -0.2) is 4.79 Å². The number of unbranched alkanes of at least 4 members (excludes halogenated alkanes) is 2. The molecule has 110 valence electrons. The third-order valence-electron chi connectivity index (χ3n) is 3.68. The minimum Gasteiger partial charge on any atom is -0.481 e. The third-order valence-corrected chi connectivity index (χ3v) is 3.68. The molecule has 1 aliphatic rings. The highest BCUT2D eigenvalue weighted by atomic mass is 16.4. The second kappa shape index (κ2) is 7.33. The maximum Gasteiger partial charge on any atom is 0.319 e. The van der Waals surface area contributed by atoms with Gasteiger partial charge in [-0.3, -0.25) is 4.79 Å². The molecule has 1 rings (SSSR count). The highest BCUT2D eigenvalue weighted by molar-refractivity contribution is 5.77. The number of aliphatic hydroxyl groups is 1. The topological polar surface area (TPSA) is 81.1 Å². The number of aliphatic hydroxyl groups excluding tert-OH is 1. The second-order valence-electron chi connectivity index (χ2n) is 5.32. The predicted molar refractivity (Wildman–Crippen MR) is 70.8 cm³/mol. The van der Waals surface area contributed by atoms with Crippen molar-refractivity contribution in [3.63, 3.8) is 0 Å². The highest BCUT2D eigenvalue weighted by Crippen LogP contribution is 2.23. The lowest BCUT2D eigenvalue weighted by Gasteiger charge is -2.24. The maximum absolute atomic E-state index is 12.1. The van der Waals surface area contributed by atoms with Crippen LogP contribution in [-0.2, 0) is 4.79 Å². The van der Waals surface area contributed by atoms with E-state index in [1.807, 2.05) is 6.92 Å². The van der Waals surface area contributed by atoms with Gasteiger partial charge in [0, 0.05) is 33.3 Å². The van der Waals surface area contributed by atoms with Crippen LogP contribution in [0.3, 0.4) is 0 Å². The largest absolute Gasteiger partial charge is 0.481 e. The first kappa shape index (κ1) is 15.8. The van der Waals surface area contributed by atoms with Crippen LogP contribution < -0.4 is 0 Å². The van der Waals surface area contributed by atoms with Crippen molar-refractivity contribution in [2.75, 3.05) is 33.3 Å². The number of carboxylic acids is 1. The van der Waals surface area contributed by atoms with Crippen molar-refractivity contribution in [3.05, 3.63) is 0 Å². The first-order chi connectivity index (χ1) is 8.97. The number of likely N-dealkylation sites (tertiary alicyclic amines) is 1. The lowest BCUT2D eigenvalue weighted by molar-refractivity contribution is -0.142. The van der Waals surface area contributed by atoms with Crippen LogP contribution >= 0.6 is 0 Å². The van der Waals surface area contributed by atoms with Gasteiger partial charge in [0.15, 0.2) is 0 Å². The van der Waals surface area contributed by atoms with E-state index in [4.69, 9.17) is 10.2 Å². The molecular formula is C13H24N2O4. The Labute approximate surface area is 114 Å². The highest BCUT2D eigenvalue weighted by Gasteiger charge is 2.37. The molecule has 0 radical (unpaired) electrons. The fourth-order valence-corrected chi connectivity index (χ4v) is 2.42. The van der Waals surface area contributed by atoms with Gasteiger partial charge in [0.1, 0.15) is 0 Å². The van der Waals surface area contributed by atoms with Crippen LogP contribution in [0.15, 0.2) is 0 Å². The van der Waals surface area contributed by atoms with Gasteiger partial charge in [-0.15, -0.1) is 0 Å². The van der Waals surface area contributed by atoms with E-state index in [1.54, 1.807) is 16.8 Å². The summed E-state index contributed by atoms with van der Waals surface area (Å²) in [6, 6.07) is -0.0976. The number of nitrogens with zero attached hydrogens (tertiary/aromatic N) is 2. The number of carbonyl (C=O) groups excluding carboxylic acids is 1. The van der Waals surface area contributed by atoms with Crippen LogP contribution in [0.5, 0.6) is 0 Å². The first-order valence-corrected chi connectivity index (χ1v) is 6.81. The number of hydrogen-bond acceptors (Lipinski definition) is 3. The van der Waals surface area contributed by atoms with Crippen molar-refractivity contribution >= 4 is 12.0 Å². The molecule has 0 aromatic heterocycles. The average molecular weight is 272 g/mol. The van der Waals surface area contributed by atoms with Gasteiger partial charge in [0.2, 0.25) is 0 Å². The second-order valence-corrected chi connectivity index (χ2v) is 5.32. The van der Waals surface area contributed by atoms with Crippen LogP contribution in [-0.4, -0.2) is 65.3 Å². The predicted octanol–water partition coefficient (Wildman–Crippen LogP) is 0.853. The molecule has 0 saturated carbocycles. The fraction of sp³-hybridized carbons (Fsp3) is 0.846. The molecule has 0 aromatic rings. The zero-order valence-corrected chi connectivity index (χ0v) is 11.7. The normalized spacial score (nSPS) is 22.6. The van der Waals surface area contributed by atoms with Crippen LogP contribution in [0.1, 0.15) is 26.2 Å². The standard InChI is InChI=1S/C13H24N2O4/c1-10-8-15(9-11(10)12(17)18)13(19)14(2)6-4-3-5-7-16/h10-11,16H,3-9H2,1-2H3,(H,17,18)/t10-,11-/m1/s1. The van der Waals surface area contributed by atoms with Crippen molar-refractivity contribution in [1.29, 1.82) is 0 Å². The first-order valence-electron chi connectivity index (χ1n) is 6.81. The molecule has 0 aromatic carbocycles. The van der Waals surface area contributed by atoms with Crippen LogP contribution in [0.25, 0.3) is 0 Å². The van der Waals surface area contributed by atoms with E-state index in [0.717, 1.165) is 19.3 Å². The molecule has 0 bridgehead atoms. The summed E-state index contributed by atoms with van der Waals surface area (Å²) in [7, 11) is 1.74. The Bertz CT molecular complexity index is 322. The minimum atomic E-state index is -0.826. The van der Waals surface area contributed by atoms with Crippen molar-refractivity contribution in [2.24, 2.45) is 11.8 Å². The molecule has 1 fully saturated rings. The number of carbonyl (C=O) groups is 2. The summed E-state index contributed by atoms with van der Waals surface area (Å²) in [6.07, 6.45) is 2.50. The summed E-state index contributed by atoms with van der Waals surface area (Å²) < 4.78 is 0. The molecule has 0 spiro atoms. The van der Waals surface area contributed by atoms with Crippen molar-refractivity contribution < 1.29 is 19.8 Å². The average Bonchev–Trinajstić information content (AvgIpc) is 2.75. The summed E-state index contributed by atoms with van der Waals surface area (Å²) in [6.45, 7) is 3.50. The Morgan fingerprint density at radius 3 is 2.47 bits per heavy atom. The van der Waals surface area contributed by atoms with E-state index < -0.39 is 11.9 Å². The number of amides is 2. The van der Waals surface area contributed by atoms with E-state index >= 15 is 0 Å². The molecule has 0 aliphatic carbocycles. The zero-order valence-electron chi connectivity index (χ0n) is 11.7. The summed E-state index contributed by atoms with van der Waals surface area (Å²) in [5.74, 6) is -1.27. The third kappa shape index (κ3) is 4.38. The summed E-state index contributed by atoms with van der Waals surface area (Å²) in [5.41, 5.74) is 0. The fourth-order valence-electron chi connectivity index (χ4n) is 2.42. The quantitative estimate of drug-likeness (QED) is 0.702. The van der Waals surface area contributed by atoms with Crippen molar-refractivity contribution in [3.8, 4) is 0 Å². The van der Waals surface area contributed by atoms with E-state index in [2.05, 4.69) is 0 Å². The number of hydrogen-bond donors (Lipinski definition) is 2. The number of rotatable bonds is 6. The molecular weight excluding hydrogens is 248 g/mol. The lowest BCUT2D eigenvalue weighted by Crippen LogP contribution is -2.40. The monoisotopic (exact) mass is 272 g/mol. The number of urea groups is 1. The molecule has 19 heavy (non-hydrogen) atoms. The number of aliphatic carboxylic acids is 1. The van der Waals surface area contributed by atoms with Crippen LogP contribution in [0.2, 0.25) is 0 Å². The summed E-state index contributed by atoms with van der Waals surface area (Å²) in [5, 5.41) is 17.7. The molecule has 6 heteroatoms. The Morgan fingerprint density at radius 1 is 1.26 bits per heavy atom. The van der Waals surface area contributed by atoms with E-state index in [-0.39, 0.29) is 18.6 Å². The van der Waals surface area contributed by atoms with Gasteiger partial charge in [0.05, 0.1) is 5.92 Å². The minimum absolute atomic E-state index is 0.00392. The van der Waals surface area contributed by atoms with Crippen molar-refractivity contribution in [2.45, 2.75) is 26.2 Å². The Kier molecular flexibility index (Phi) is 6.08. The van der Waals surface area contributed by atoms with Crippen molar-refractivity contribution in [1.82, 2.24) is 9.80 Å². The Balaban J connectivity index is 2.39. The smallest absolute Gasteiger partial charge is 0.319 e. The molecule has 1 saturated heterocycles. The van der Waals surface area contributed by atoms with Crippen LogP contribution in [0.4, 0.5) is 4.79 Å². The van der Waals surface area contributed by atoms with Gasteiger partial charge in [0.25, 0.3) is 0 Å². The Hall–Kier alpha value is -1.30. The molecule has 6 nitrogen and oxygen atoms in total. The molecule has 2 N–H and O–H groups in total. The maximum atomic E-state index is 12.1. The van der Waals surface area contributed by atoms with Gasteiger partial charge in [-0.1, -0.05) is 6.92 Å². The van der Waals surface area contributed by atoms with E-state index in [0.29, 0.717) is 19.6 Å². The SMILES string of the molecule is C[C@@H]1CN(C(=O)N(C)CCCCCO)C[C@H]1C(=O)O. The molecule has 1 heterocycles. The van der Waals surface area contributed by atoms with Gasteiger partial charge in [-0.05, 0) is 25.2 Å².